The van der Waals surface area contributed by atoms with Crippen LogP contribution in [0.4, 0.5) is 0 Å². The van der Waals surface area contributed by atoms with Crippen LogP contribution in [0, 0.1) is 6.92 Å². The number of halogens is 1. The van der Waals surface area contributed by atoms with Crippen molar-refractivity contribution < 1.29 is 17.9 Å². The Labute approximate surface area is 167 Å². The van der Waals surface area contributed by atoms with Crippen LogP contribution in [-0.4, -0.2) is 44.9 Å². The largest absolute Gasteiger partial charge is 0.379 e. The van der Waals surface area contributed by atoms with Crippen LogP contribution in [0.5, 0.6) is 0 Å². The van der Waals surface area contributed by atoms with Gasteiger partial charge in [-0.25, -0.2) is 8.42 Å². The number of sulfonamides is 1. The van der Waals surface area contributed by atoms with Gasteiger partial charge in [-0.1, -0.05) is 29.8 Å². The number of amides is 1. The van der Waals surface area contributed by atoms with E-state index in [0.29, 0.717) is 42.9 Å². The maximum atomic E-state index is 12.9. The number of carbonyl (C=O) groups excluding carboxylic acids is 1. The van der Waals surface area contributed by atoms with Crippen LogP contribution >= 0.6 is 15.9 Å². The molecule has 0 radical (unpaired) electrons. The zero-order chi connectivity index (χ0) is 19.4. The number of carbonyl (C=O) groups is 1. The van der Waals surface area contributed by atoms with Gasteiger partial charge in [0.2, 0.25) is 10.0 Å². The van der Waals surface area contributed by atoms with Gasteiger partial charge in [-0.05, 0) is 46.6 Å². The first kappa shape index (κ1) is 20.0. The van der Waals surface area contributed by atoms with E-state index in [9.17, 15) is 13.2 Å². The molecule has 0 bridgehead atoms. The Kier molecular flexibility index (Phi) is 6.31. The van der Waals surface area contributed by atoms with Crippen LogP contribution in [0.1, 0.15) is 21.5 Å². The monoisotopic (exact) mass is 452 g/mol. The molecule has 1 fully saturated rings. The van der Waals surface area contributed by atoms with Crippen molar-refractivity contribution in [1.82, 2.24) is 9.62 Å². The molecular weight excluding hydrogens is 432 g/mol. The third-order valence-corrected chi connectivity index (χ3v) is 7.25. The second kappa shape index (κ2) is 8.52. The number of morpholine rings is 1. The predicted molar refractivity (Wildman–Crippen MR) is 106 cm³/mol. The van der Waals surface area contributed by atoms with Crippen molar-refractivity contribution in [2.24, 2.45) is 0 Å². The number of rotatable bonds is 5. The van der Waals surface area contributed by atoms with Crippen molar-refractivity contribution in [2.45, 2.75) is 18.4 Å². The summed E-state index contributed by atoms with van der Waals surface area (Å²) in [6, 6.07) is 12.5. The molecule has 2 aromatic rings. The van der Waals surface area contributed by atoms with Gasteiger partial charge in [0.25, 0.3) is 5.91 Å². The first-order valence-corrected chi connectivity index (χ1v) is 10.8. The highest BCUT2D eigenvalue weighted by molar-refractivity contribution is 9.10. The van der Waals surface area contributed by atoms with Crippen molar-refractivity contribution in [2.75, 3.05) is 26.3 Å². The van der Waals surface area contributed by atoms with E-state index >= 15 is 0 Å². The summed E-state index contributed by atoms with van der Waals surface area (Å²) in [6.45, 7) is 3.72. The van der Waals surface area contributed by atoms with Gasteiger partial charge in [0.1, 0.15) is 0 Å². The van der Waals surface area contributed by atoms with Gasteiger partial charge in [0.05, 0.1) is 18.1 Å². The topological polar surface area (TPSA) is 75.7 Å². The Morgan fingerprint density at radius 1 is 1.15 bits per heavy atom. The lowest BCUT2D eigenvalue weighted by atomic mass is 10.1. The van der Waals surface area contributed by atoms with Gasteiger partial charge in [0, 0.05) is 29.7 Å². The molecule has 6 nitrogen and oxygen atoms in total. The quantitative estimate of drug-likeness (QED) is 0.756. The number of ether oxygens (including phenoxy) is 1. The van der Waals surface area contributed by atoms with Crippen LogP contribution < -0.4 is 5.32 Å². The molecule has 1 heterocycles. The molecule has 0 unspecified atom stereocenters. The number of nitrogens with zero attached hydrogens (tertiary/aromatic N) is 1. The van der Waals surface area contributed by atoms with E-state index in [-0.39, 0.29) is 10.8 Å². The molecule has 0 saturated carbocycles. The van der Waals surface area contributed by atoms with Crippen LogP contribution in [0.25, 0.3) is 0 Å². The first-order chi connectivity index (χ1) is 12.9. The second-order valence-electron chi connectivity index (χ2n) is 6.33. The third-order valence-electron chi connectivity index (χ3n) is 4.35. The molecule has 27 heavy (non-hydrogen) atoms. The number of hydrogen-bond donors (Lipinski definition) is 1. The van der Waals surface area contributed by atoms with Crippen molar-refractivity contribution in [3.05, 3.63) is 63.6 Å². The zero-order valence-electron chi connectivity index (χ0n) is 14.9. The summed E-state index contributed by atoms with van der Waals surface area (Å²) in [5.41, 5.74) is 2.43. The van der Waals surface area contributed by atoms with Gasteiger partial charge in [-0.15, -0.1) is 0 Å². The highest BCUT2D eigenvalue weighted by Crippen LogP contribution is 2.27. The van der Waals surface area contributed by atoms with Crippen LogP contribution in [0.3, 0.4) is 0 Å². The van der Waals surface area contributed by atoms with Crippen molar-refractivity contribution >= 4 is 31.9 Å². The maximum absolute atomic E-state index is 12.9. The minimum Gasteiger partial charge on any atom is -0.379 e. The Morgan fingerprint density at radius 2 is 1.81 bits per heavy atom. The molecular formula is C19H21BrN2O4S. The van der Waals surface area contributed by atoms with Crippen LogP contribution in [0.15, 0.2) is 51.8 Å². The Balaban J connectivity index is 1.77. The standard InChI is InChI=1S/C19H21BrN2O4S/c1-14-2-4-15(5-3-14)13-21-19(23)16-6-7-17(20)18(12-16)27(24,25)22-8-10-26-11-9-22/h2-7,12H,8-11,13H2,1H3,(H,21,23). The average molecular weight is 453 g/mol. The van der Waals surface area contributed by atoms with Crippen molar-refractivity contribution in [1.29, 1.82) is 0 Å². The molecule has 1 saturated heterocycles. The fraction of sp³-hybridized carbons (Fsp3) is 0.316. The molecule has 1 aliphatic heterocycles. The molecule has 0 atom stereocenters. The summed E-state index contributed by atoms with van der Waals surface area (Å²) < 4.78 is 32.8. The van der Waals surface area contributed by atoms with E-state index in [0.717, 1.165) is 11.1 Å². The molecule has 2 aromatic carbocycles. The highest BCUT2D eigenvalue weighted by atomic mass is 79.9. The van der Waals surface area contributed by atoms with Gasteiger partial charge in [-0.2, -0.15) is 4.31 Å². The second-order valence-corrected chi connectivity index (χ2v) is 9.09. The first-order valence-electron chi connectivity index (χ1n) is 8.59. The Bertz CT molecular complexity index is 923. The molecule has 144 valence electrons. The minimum absolute atomic E-state index is 0.0902. The summed E-state index contributed by atoms with van der Waals surface area (Å²) in [4.78, 5) is 12.6. The molecule has 3 rings (SSSR count). The number of benzene rings is 2. The normalized spacial score (nSPS) is 15.5. The fourth-order valence-corrected chi connectivity index (χ4v) is 5.12. The smallest absolute Gasteiger partial charge is 0.251 e. The average Bonchev–Trinajstić information content (AvgIpc) is 2.68. The number of hydrogen-bond acceptors (Lipinski definition) is 4. The molecule has 0 aliphatic carbocycles. The van der Waals surface area contributed by atoms with Gasteiger partial charge < -0.3 is 10.1 Å². The maximum Gasteiger partial charge on any atom is 0.251 e. The van der Waals surface area contributed by atoms with Gasteiger partial charge in [0.15, 0.2) is 0 Å². The minimum atomic E-state index is -3.69. The summed E-state index contributed by atoms with van der Waals surface area (Å²) in [5.74, 6) is -0.318. The lowest BCUT2D eigenvalue weighted by Crippen LogP contribution is -2.40. The Hall–Kier alpha value is -1.74. The van der Waals surface area contributed by atoms with Crippen molar-refractivity contribution in [3.8, 4) is 0 Å². The Morgan fingerprint density at radius 3 is 2.48 bits per heavy atom. The molecule has 0 aromatic heterocycles. The van der Waals surface area contributed by atoms with E-state index in [2.05, 4.69) is 21.2 Å². The number of nitrogens with one attached hydrogen (secondary N) is 1. The molecule has 1 aliphatic rings. The SMILES string of the molecule is Cc1ccc(CNC(=O)c2ccc(Br)c(S(=O)(=O)N3CCOCC3)c2)cc1. The van der Waals surface area contributed by atoms with E-state index < -0.39 is 10.0 Å². The predicted octanol–water partition coefficient (Wildman–Crippen LogP) is 2.71. The van der Waals surface area contributed by atoms with Crippen LogP contribution in [-0.2, 0) is 21.3 Å². The third kappa shape index (κ3) is 4.76. The summed E-state index contributed by atoms with van der Waals surface area (Å²) in [7, 11) is -3.69. The summed E-state index contributed by atoms with van der Waals surface area (Å²) >= 11 is 3.30. The van der Waals surface area contributed by atoms with Gasteiger partial charge >= 0.3 is 0 Å². The lowest BCUT2D eigenvalue weighted by molar-refractivity contribution is 0.0730. The number of aryl methyl sites for hydroxylation is 1. The highest BCUT2D eigenvalue weighted by Gasteiger charge is 2.28. The summed E-state index contributed by atoms with van der Waals surface area (Å²) in [5, 5.41) is 2.83. The fourth-order valence-electron chi connectivity index (χ4n) is 2.76. The molecule has 0 spiro atoms. The van der Waals surface area contributed by atoms with E-state index in [1.54, 1.807) is 12.1 Å². The lowest BCUT2D eigenvalue weighted by Gasteiger charge is -2.26. The molecule has 1 amide bonds. The molecule has 8 heteroatoms. The van der Waals surface area contributed by atoms with E-state index in [1.165, 1.54) is 10.4 Å². The zero-order valence-corrected chi connectivity index (χ0v) is 17.3. The van der Waals surface area contributed by atoms with Crippen molar-refractivity contribution in [3.63, 3.8) is 0 Å². The van der Waals surface area contributed by atoms with Crippen LogP contribution in [0.2, 0.25) is 0 Å². The summed E-state index contributed by atoms with van der Waals surface area (Å²) in [6.07, 6.45) is 0. The van der Waals surface area contributed by atoms with E-state index in [1.807, 2.05) is 31.2 Å². The van der Waals surface area contributed by atoms with E-state index in [4.69, 9.17) is 4.74 Å². The molecule has 1 N–H and O–H groups in total. The van der Waals surface area contributed by atoms with Gasteiger partial charge in [-0.3, -0.25) is 4.79 Å².